The van der Waals surface area contributed by atoms with Gasteiger partial charge in [0.1, 0.15) is 5.82 Å². The summed E-state index contributed by atoms with van der Waals surface area (Å²) in [5.41, 5.74) is 0.434. The van der Waals surface area contributed by atoms with Gasteiger partial charge >= 0.3 is 0 Å². The van der Waals surface area contributed by atoms with Gasteiger partial charge in [0.25, 0.3) is 5.91 Å². The average molecular weight is 262 g/mol. The number of rotatable bonds is 7. The molecule has 0 radical (unpaired) electrons. The van der Waals surface area contributed by atoms with Crippen LogP contribution in [0.1, 0.15) is 50.0 Å². The van der Waals surface area contributed by atoms with Gasteiger partial charge in [-0.2, -0.15) is 0 Å². The van der Waals surface area contributed by atoms with Crippen molar-refractivity contribution in [1.29, 1.82) is 0 Å². The van der Waals surface area contributed by atoms with Crippen LogP contribution in [0.4, 0.5) is 5.82 Å². The largest absolute Gasteiger partial charge is 0.366 e. The number of hydrogen-bond acceptors (Lipinski definition) is 4. The summed E-state index contributed by atoms with van der Waals surface area (Å²) < 4.78 is 0. The van der Waals surface area contributed by atoms with Gasteiger partial charge in [0, 0.05) is 19.1 Å². The Kier molecular flexibility index (Phi) is 4.71. The first-order valence-corrected chi connectivity index (χ1v) is 7.14. The van der Waals surface area contributed by atoms with E-state index in [9.17, 15) is 4.79 Å². The fraction of sp³-hybridized carbons (Fsp3) is 0.643. The summed E-state index contributed by atoms with van der Waals surface area (Å²) in [4.78, 5) is 14.1. The number of anilines is 1. The third-order valence-corrected chi connectivity index (χ3v) is 3.09. The van der Waals surface area contributed by atoms with Crippen molar-refractivity contribution in [1.82, 2.24) is 15.1 Å². The van der Waals surface area contributed by atoms with Gasteiger partial charge in [-0.05, 0) is 37.8 Å². The number of amides is 1. The summed E-state index contributed by atoms with van der Waals surface area (Å²) >= 11 is 0. The maximum Gasteiger partial charge on any atom is 0.274 e. The van der Waals surface area contributed by atoms with Crippen LogP contribution in [-0.2, 0) is 0 Å². The molecule has 1 amide bonds. The van der Waals surface area contributed by atoms with Gasteiger partial charge in [0.2, 0.25) is 0 Å². The highest BCUT2D eigenvalue weighted by Gasteiger charge is 2.22. The van der Waals surface area contributed by atoms with E-state index >= 15 is 0 Å². The lowest BCUT2D eigenvalue weighted by Gasteiger charge is -2.20. The van der Waals surface area contributed by atoms with Crippen LogP contribution in [0, 0.1) is 0 Å². The molecule has 0 unspecified atom stereocenters. The third-order valence-electron chi connectivity index (χ3n) is 3.09. The molecule has 1 N–H and O–H groups in total. The Morgan fingerprint density at radius 2 is 1.95 bits per heavy atom. The van der Waals surface area contributed by atoms with Crippen molar-refractivity contribution in [3.63, 3.8) is 0 Å². The highest BCUT2D eigenvalue weighted by atomic mass is 16.2. The monoisotopic (exact) mass is 262 g/mol. The first-order chi connectivity index (χ1) is 9.24. The van der Waals surface area contributed by atoms with E-state index in [0.29, 0.717) is 11.7 Å². The molecule has 19 heavy (non-hydrogen) atoms. The van der Waals surface area contributed by atoms with Gasteiger partial charge in [-0.25, -0.2) is 0 Å². The minimum Gasteiger partial charge on any atom is -0.366 e. The quantitative estimate of drug-likeness (QED) is 0.819. The van der Waals surface area contributed by atoms with Gasteiger partial charge in [-0.15, -0.1) is 10.2 Å². The molecule has 1 aliphatic carbocycles. The first-order valence-electron chi connectivity index (χ1n) is 7.14. The fourth-order valence-corrected chi connectivity index (χ4v) is 1.98. The van der Waals surface area contributed by atoms with E-state index < -0.39 is 0 Å². The molecule has 5 heteroatoms. The van der Waals surface area contributed by atoms with Gasteiger partial charge in [-0.1, -0.05) is 13.8 Å². The highest BCUT2D eigenvalue weighted by Crippen LogP contribution is 2.23. The summed E-state index contributed by atoms with van der Waals surface area (Å²) in [6.07, 6.45) is 4.31. The molecule has 1 aliphatic rings. The van der Waals surface area contributed by atoms with Crippen LogP contribution in [0.15, 0.2) is 12.1 Å². The molecule has 1 fully saturated rings. The topological polar surface area (TPSA) is 58.1 Å². The van der Waals surface area contributed by atoms with Crippen molar-refractivity contribution in [2.24, 2.45) is 0 Å². The van der Waals surface area contributed by atoms with Crippen LogP contribution < -0.4 is 5.32 Å². The predicted octanol–water partition coefficient (Wildman–Crippen LogP) is 2.31. The number of nitrogens with one attached hydrogen (secondary N) is 1. The molecule has 0 atom stereocenters. The number of nitrogens with zero attached hydrogens (tertiary/aromatic N) is 3. The number of carbonyl (C=O) groups excluding carboxylic acids is 1. The minimum atomic E-state index is -0.0193. The molecule has 0 aliphatic heterocycles. The summed E-state index contributed by atoms with van der Waals surface area (Å²) in [6.45, 7) is 5.70. The smallest absolute Gasteiger partial charge is 0.274 e. The number of hydrogen-bond donors (Lipinski definition) is 1. The van der Waals surface area contributed by atoms with E-state index in [1.54, 1.807) is 6.07 Å². The van der Waals surface area contributed by atoms with Crippen molar-refractivity contribution in [2.45, 2.75) is 45.6 Å². The molecule has 1 aromatic rings. The van der Waals surface area contributed by atoms with Crippen molar-refractivity contribution < 1.29 is 4.79 Å². The number of aromatic nitrogens is 2. The van der Waals surface area contributed by atoms with Gasteiger partial charge in [0.15, 0.2) is 5.69 Å². The molecule has 2 rings (SSSR count). The van der Waals surface area contributed by atoms with Gasteiger partial charge < -0.3 is 10.2 Å². The first kappa shape index (κ1) is 13.8. The third kappa shape index (κ3) is 3.91. The van der Waals surface area contributed by atoms with Crippen LogP contribution in [-0.4, -0.2) is 40.1 Å². The van der Waals surface area contributed by atoms with E-state index in [1.807, 2.05) is 11.0 Å². The van der Waals surface area contributed by atoms with Crippen LogP contribution >= 0.6 is 0 Å². The van der Waals surface area contributed by atoms with E-state index in [-0.39, 0.29) is 5.91 Å². The second kappa shape index (κ2) is 6.50. The van der Waals surface area contributed by atoms with Crippen LogP contribution in [0.5, 0.6) is 0 Å². The Labute approximate surface area is 114 Å². The zero-order valence-electron chi connectivity index (χ0n) is 11.7. The molecule has 5 nitrogen and oxygen atoms in total. The maximum absolute atomic E-state index is 12.3. The van der Waals surface area contributed by atoms with E-state index in [1.165, 1.54) is 12.8 Å². The lowest BCUT2D eigenvalue weighted by molar-refractivity contribution is 0.0748. The summed E-state index contributed by atoms with van der Waals surface area (Å²) in [7, 11) is 0. The Bertz CT molecular complexity index is 408. The van der Waals surface area contributed by atoms with Gasteiger partial charge in [-0.3, -0.25) is 4.79 Å². The zero-order valence-corrected chi connectivity index (χ0v) is 11.7. The van der Waals surface area contributed by atoms with Crippen LogP contribution in [0.2, 0.25) is 0 Å². The van der Waals surface area contributed by atoms with Crippen LogP contribution in [0.25, 0.3) is 0 Å². The van der Waals surface area contributed by atoms with Gasteiger partial charge in [0.05, 0.1) is 0 Å². The summed E-state index contributed by atoms with van der Waals surface area (Å²) in [6, 6.07) is 4.15. The molecule has 1 saturated carbocycles. The fourth-order valence-electron chi connectivity index (χ4n) is 1.98. The van der Waals surface area contributed by atoms with Crippen molar-refractivity contribution in [3.8, 4) is 0 Å². The average Bonchev–Trinajstić information content (AvgIpc) is 3.23. The van der Waals surface area contributed by atoms with Crippen molar-refractivity contribution >= 4 is 11.7 Å². The Hall–Kier alpha value is -1.65. The lowest BCUT2D eigenvalue weighted by atomic mass is 10.3. The molecular weight excluding hydrogens is 240 g/mol. The summed E-state index contributed by atoms with van der Waals surface area (Å²) in [5.74, 6) is 0.741. The number of carbonyl (C=O) groups is 1. The predicted molar refractivity (Wildman–Crippen MR) is 75.2 cm³/mol. The zero-order chi connectivity index (χ0) is 13.7. The van der Waals surface area contributed by atoms with Crippen molar-refractivity contribution in [3.05, 3.63) is 17.8 Å². The SMILES string of the molecule is CCCN(CCC)C(=O)c1ccc(NC2CC2)nn1. The molecule has 1 heterocycles. The Morgan fingerprint density at radius 1 is 1.26 bits per heavy atom. The van der Waals surface area contributed by atoms with E-state index in [4.69, 9.17) is 0 Å². The van der Waals surface area contributed by atoms with E-state index in [2.05, 4.69) is 29.4 Å². The molecule has 0 aromatic carbocycles. The second-order valence-electron chi connectivity index (χ2n) is 5.01. The second-order valence-corrected chi connectivity index (χ2v) is 5.01. The minimum absolute atomic E-state index is 0.0193. The normalized spacial score (nSPS) is 14.2. The highest BCUT2D eigenvalue weighted by molar-refractivity contribution is 5.92. The van der Waals surface area contributed by atoms with E-state index in [0.717, 1.165) is 31.7 Å². The molecule has 0 bridgehead atoms. The lowest BCUT2D eigenvalue weighted by Crippen LogP contribution is -2.33. The Morgan fingerprint density at radius 3 is 2.42 bits per heavy atom. The standard InChI is InChI=1S/C14H22N4O/c1-3-9-18(10-4-2)14(19)12-7-8-13(17-16-12)15-11-5-6-11/h7-8,11H,3-6,9-10H2,1-2H3,(H,15,17). The molecule has 0 saturated heterocycles. The maximum atomic E-state index is 12.3. The molecule has 104 valence electrons. The summed E-state index contributed by atoms with van der Waals surface area (Å²) in [5, 5.41) is 11.4. The molecule has 1 aromatic heterocycles. The van der Waals surface area contributed by atoms with Crippen molar-refractivity contribution in [2.75, 3.05) is 18.4 Å². The van der Waals surface area contributed by atoms with Crippen LogP contribution in [0.3, 0.4) is 0 Å². The molecule has 0 spiro atoms. The Balaban J connectivity index is 1.99. The molecular formula is C14H22N4O.